The molecule has 0 bridgehead atoms. The van der Waals surface area contributed by atoms with Crippen molar-refractivity contribution in [1.82, 2.24) is 0 Å². The normalized spacial score (nSPS) is 19.2. The van der Waals surface area contributed by atoms with Crippen LogP contribution in [0.15, 0.2) is 158 Å². The zero-order chi connectivity index (χ0) is 32.1. The molecular weight excluding hydrogens is 558 g/mol. The minimum absolute atomic E-state index is 0.229. The summed E-state index contributed by atoms with van der Waals surface area (Å²) in [5.41, 5.74) is 6.79. The number of anilines is 4. The van der Waals surface area contributed by atoms with Crippen LogP contribution in [-0.4, -0.2) is 12.1 Å². The van der Waals surface area contributed by atoms with E-state index in [1.165, 1.54) is 28.2 Å². The Bertz CT molecular complexity index is 1690. The summed E-state index contributed by atoms with van der Waals surface area (Å²) in [6.07, 6.45) is 18.8. The second kappa shape index (κ2) is 13.3. The van der Waals surface area contributed by atoms with Gasteiger partial charge >= 0.3 is 0 Å². The van der Waals surface area contributed by atoms with E-state index in [-0.39, 0.29) is 17.1 Å². The molecule has 3 unspecified atom stereocenters. The molecule has 0 fully saturated rings. The van der Waals surface area contributed by atoms with Crippen LogP contribution in [0.25, 0.3) is 0 Å². The molecule has 3 heteroatoms. The SMILES string of the molecule is CC1C=CC=CC1N(c1ccccc1)C(C)(C)c1ccc(NC(C)(C)c2ccc(N(c3ccccc3)C3C=CC=CC3)cc2)cc1. The van der Waals surface area contributed by atoms with Gasteiger partial charge in [-0.25, -0.2) is 0 Å². The van der Waals surface area contributed by atoms with Gasteiger partial charge in [0.25, 0.3) is 0 Å². The van der Waals surface area contributed by atoms with E-state index in [9.17, 15) is 0 Å². The lowest BCUT2D eigenvalue weighted by atomic mass is 9.85. The molecule has 4 aromatic carbocycles. The highest BCUT2D eigenvalue weighted by atomic mass is 15.2. The van der Waals surface area contributed by atoms with E-state index in [4.69, 9.17) is 0 Å². The minimum Gasteiger partial charge on any atom is -0.376 e. The van der Waals surface area contributed by atoms with Gasteiger partial charge in [-0.3, -0.25) is 0 Å². The number of para-hydroxylation sites is 2. The van der Waals surface area contributed by atoms with E-state index in [0.29, 0.717) is 12.0 Å². The third-order valence-electron chi connectivity index (χ3n) is 9.55. The smallest absolute Gasteiger partial charge is 0.0604 e. The quantitative estimate of drug-likeness (QED) is 0.194. The molecule has 0 heterocycles. The van der Waals surface area contributed by atoms with Gasteiger partial charge in [-0.05, 0) is 99.7 Å². The molecule has 3 atom stereocenters. The number of hydrogen-bond donors (Lipinski definition) is 1. The Balaban J connectivity index is 1.22. The number of nitrogens with zero attached hydrogens (tertiary/aromatic N) is 2. The Hall–Kier alpha value is -4.76. The summed E-state index contributed by atoms with van der Waals surface area (Å²) in [5.74, 6) is 0.411. The second-order valence-corrected chi connectivity index (χ2v) is 13.6. The lowest BCUT2D eigenvalue weighted by Crippen LogP contribution is -2.50. The maximum Gasteiger partial charge on any atom is 0.0604 e. The van der Waals surface area contributed by atoms with Crippen LogP contribution >= 0.6 is 0 Å². The molecule has 3 nitrogen and oxygen atoms in total. The van der Waals surface area contributed by atoms with E-state index < -0.39 is 0 Å². The van der Waals surface area contributed by atoms with Crippen molar-refractivity contribution < 1.29 is 0 Å². The Kier molecular flexibility index (Phi) is 9.03. The fourth-order valence-electron chi connectivity index (χ4n) is 6.94. The second-order valence-electron chi connectivity index (χ2n) is 13.6. The van der Waals surface area contributed by atoms with Gasteiger partial charge in [0.05, 0.1) is 23.2 Å². The molecule has 6 rings (SSSR count). The summed E-state index contributed by atoms with van der Waals surface area (Å²) in [5, 5.41) is 3.82. The van der Waals surface area contributed by atoms with E-state index in [1.807, 2.05) is 0 Å². The molecule has 0 aliphatic heterocycles. The average molecular weight is 606 g/mol. The first-order valence-corrected chi connectivity index (χ1v) is 16.6. The number of benzene rings is 4. The highest BCUT2D eigenvalue weighted by molar-refractivity contribution is 5.66. The van der Waals surface area contributed by atoms with Gasteiger partial charge in [0.2, 0.25) is 0 Å². The van der Waals surface area contributed by atoms with Crippen LogP contribution < -0.4 is 15.1 Å². The topological polar surface area (TPSA) is 18.5 Å². The van der Waals surface area contributed by atoms with E-state index in [1.54, 1.807) is 0 Å². The number of rotatable bonds is 10. The summed E-state index contributed by atoms with van der Waals surface area (Å²) in [6.45, 7) is 11.5. The first kappa shape index (κ1) is 31.2. The van der Waals surface area contributed by atoms with Gasteiger partial charge in [0, 0.05) is 22.7 Å². The molecular formula is C43H47N3. The molecule has 1 N–H and O–H groups in total. The summed E-state index contributed by atoms with van der Waals surface area (Å²) < 4.78 is 0. The first-order valence-electron chi connectivity index (χ1n) is 16.6. The van der Waals surface area contributed by atoms with Gasteiger partial charge in [-0.2, -0.15) is 0 Å². The molecule has 2 aliphatic carbocycles. The standard InChI is InChI=1S/C43H47N3/c1-33-17-15-16-24-41(33)46(40-22-13-8-14-23-40)43(4,5)35-25-29-36(30-26-35)44-42(2,3)34-27-31-39(32-28-34)45(37-18-9-6-10-19-37)38-20-11-7-12-21-38/h6-20,22-33,38,41,44H,21H2,1-5H3. The maximum atomic E-state index is 3.82. The highest BCUT2D eigenvalue weighted by Crippen LogP contribution is 2.39. The van der Waals surface area contributed by atoms with Crippen molar-refractivity contribution in [2.45, 2.75) is 64.2 Å². The zero-order valence-electron chi connectivity index (χ0n) is 27.8. The van der Waals surface area contributed by atoms with Gasteiger partial charge in [-0.1, -0.05) is 116 Å². The minimum atomic E-state index is -0.259. The fraction of sp³-hybridized carbons (Fsp3) is 0.256. The molecule has 0 spiro atoms. The third kappa shape index (κ3) is 6.60. The lowest BCUT2D eigenvalue weighted by Gasteiger charge is -2.47. The fourth-order valence-corrected chi connectivity index (χ4v) is 6.94. The van der Waals surface area contributed by atoms with Crippen molar-refractivity contribution in [1.29, 1.82) is 0 Å². The monoisotopic (exact) mass is 605 g/mol. The molecule has 2 aliphatic rings. The van der Waals surface area contributed by atoms with Crippen LogP contribution in [0.4, 0.5) is 22.7 Å². The van der Waals surface area contributed by atoms with E-state index in [2.05, 4.69) is 208 Å². The van der Waals surface area contributed by atoms with Gasteiger partial charge in [-0.15, -0.1) is 0 Å². The first-order chi connectivity index (χ1) is 22.2. The van der Waals surface area contributed by atoms with Crippen LogP contribution in [0.3, 0.4) is 0 Å². The lowest BCUT2D eigenvalue weighted by molar-refractivity contribution is 0.412. The predicted octanol–water partition coefficient (Wildman–Crippen LogP) is 10.9. The van der Waals surface area contributed by atoms with Gasteiger partial charge < -0.3 is 15.1 Å². The summed E-state index contributed by atoms with van der Waals surface area (Å²) in [6, 6.07) is 40.2. The van der Waals surface area contributed by atoms with Crippen molar-refractivity contribution in [2.24, 2.45) is 5.92 Å². The van der Waals surface area contributed by atoms with Crippen molar-refractivity contribution in [3.63, 3.8) is 0 Å². The van der Waals surface area contributed by atoms with Crippen LogP contribution in [0, 0.1) is 5.92 Å². The summed E-state index contributed by atoms with van der Waals surface area (Å²) in [7, 11) is 0. The molecule has 0 saturated heterocycles. The van der Waals surface area contributed by atoms with Crippen LogP contribution in [-0.2, 0) is 11.1 Å². The van der Waals surface area contributed by atoms with Crippen molar-refractivity contribution in [3.8, 4) is 0 Å². The van der Waals surface area contributed by atoms with Crippen molar-refractivity contribution >= 4 is 22.7 Å². The largest absolute Gasteiger partial charge is 0.376 e. The van der Waals surface area contributed by atoms with Crippen LogP contribution in [0.2, 0.25) is 0 Å². The van der Waals surface area contributed by atoms with Gasteiger partial charge in [0.1, 0.15) is 0 Å². The number of nitrogens with one attached hydrogen (secondary N) is 1. The van der Waals surface area contributed by atoms with Crippen molar-refractivity contribution in [2.75, 3.05) is 15.1 Å². The Labute approximate surface area is 276 Å². The predicted molar refractivity (Wildman–Crippen MR) is 198 cm³/mol. The van der Waals surface area contributed by atoms with Gasteiger partial charge in [0.15, 0.2) is 0 Å². The summed E-state index contributed by atoms with van der Waals surface area (Å²) in [4.78, 5) is 5.01. The number of allylic oxidation sites excluding steroid dienone is 4. The molecule has 46 heavy (non-hydrogen) atoms. The van der Waals surface area contributed by atoms with Crippen molar-refractivity contribution in [3.05, 3.63) is 169 Å². The molecule has 0 saturated carbocycles. The zero-order valence-corrected chi connectivity index (χ0v) is 27.8. The third-order valence-corrected chi connectivity index (χ3v) is 9.55. The van der Waals surface area contributed by atoms with E-state index >= 15 is 0 Å². The Morgan fingerprint density at radius 1 is 0.587 bits per heavy atom. The highest BCUT2D eigenvalue weighted by Gasteiger charge is 2.36. The molecule has 0 radical (unpaired) electrons. The molecule has 0 aromatic heterocycles. The van der Waals surface area contributed by atoms with Crippen LogP contribution in [0.5, 0.6) is 0 Å². The van der Waals surface area contributed by atoms with E-state index in [0.717, 1.165) is 12.1 Å². The Morgan fingerprint density at radius 3 is 1.76 bits per heavy atom. The Morgan fingerprint density at radius 2 is 1.15 bits per heavy atom. The molecule has 234 valence electrons. The maximum absolute atomic E-state index is 3.82. The summed E-state index contributed by atoms with van der Waals surface area (Å²) >= 11 is 0. The number of hydrogen-bond acceptors (Lipinski definition) is 3. The molecule has 4 aromatic rings. The molecule has 0 amide bonds. The van der Waals surface area contributed by atoms with Crippen LogP contribution in [0.1, 0.15) is 52.2 Å². The average Bonchev–Trinajstić information content (AvgIpc) is 3.08.